The second kappa shape index (κ2) is 4.85. The van der Waals surface area contributed by atoms with Gasteiger partial charge in [-0.2, -0.15) is 5.10 Å². The topological polar surface area (TPSA) is 56.5 Å². The number of carbonyl (C=O) groups excluding carboxylic acids is 1. The van der Waals surface area contributed by atoms with Gasteiger partial charge in [-0.1, -0.05) is 0 Å². The molecule has 0 N–H and O–H groups in total. The molecule has 0 unspecified atom stereocenters. The van der Waals surface area contributed by atoms with Crippen molar-refractivity contribution in [1.82, 2.24) is 14.6 Å². The largest absolute Gasteiger partial charge is 0.385 e. The van der Waals surface area contributed by atoms with Crippen LogP contribution in [0, 0.1) is 0 Å². The summed E-state index contributed by atoms with van der Waals surface area (Å²) in [6.07, 6.45) is 4.23. The molecule has 2 rings (SSSR count). The number of ether oxygens (including phenoxy) is 1. The van der Waals surface area contributed by atoms with Crippen LogP contribution in [-0.4, -0.2) is 34.6 Å². The number of methoxy groups -OCH3 is 1. The molecule has 0 bridgehead atoms. The van der Waals surface area contributed by atoms with E-state index in [0.717, 1.165) is 25.0 Å². The number of pyridine rings is 1. The third-order valence-electron chi connectivity index (χ3n) is 2.29. The van der Waals surface area contributed by atoms with Crippen LogP contribution in [0.5, 0.6) is 0 Å². The van der Waals surface area contributed by atoms with Crippen LogP contribution >= 0.6 is 0 Å². The minimum Gasteiger partial charge on any atom is -0.385 e. The standard InChI is InChI=1S/C11H13N3O2/c1-16-6-2-3-10-12-11-7-9(8-15)4-5-14(11)13-10/h4-5,7-8H,2-3,6H2,1H3. The summed E-state index contributed by atoms with van der Waals surface area (Å²) in [5.74, 6) is 0.778. The number of carbonyl (C=O) groups is 1. The van der Waals surface area contributed by atoms with Crippen molar-refractivity contribution in [2.75, 3.05) is 13.7 Å². The first-order valence-corrected chi connectivity index (χ1v) is 5.13. The number of fused-ring (bicyclic) bond motifs is 1. The lowest BCUT2D eigenvalue weighted by atomic mass is 10.3. The van der Waals surface area contributed by atoms with Crippen LogP contribution in [0.1, 0.15) is 22.6 Å². The molecule has 0 saturated heterocycles. The fourth-order valence-electron chi connectivity index (χ4n) is 1.50. The molecule has 0 aliphatic heterocycles. The van der Waals surface area contributed by atoms with Gasteiger partial charge in [0.25, 0.3) is 0 Å². The van der Waals surface area contributed by atoms with Crippen LogP contribution in [0.4, 0.5) is 0 Å². The molecule has 16 heavy (non-hydrogen) atoms. The van der Waals surface area contributed by atoms with E-state index in [1.165, 1.54) is 0 Å². The lowest BCUT2D eigenvalue weighted by Crippen LogP contribution is -1.94. The maximum atomic E-state index is 10.6. The first-order valence-electron chi connectivity index (χ1n) is 5.13. The van der Waals surface area contributed by atoms with Gasteiger partial charge in [-0.25, -0.2) is 9.50 Å². The molecule has 0 aliphatic carbocycles. The van der Waals surface area contributed by atoms with E-state index in [2.05, 4.69) is 10.1 Å². The Kier molecular flexibility index (Phi) is 3.26. The molecule has 0 spiro atoms. The van der Waals surface area contributed by atoms with Crippen molar-refractivity contribution in [3.63, 3.8) is 0 Å². The minimum absolute atomic E-state index is 0.614. The molecule has 5 nitrogen and oxygen atoms in total. The Morgan fingerprint density at radius 2 is 2.44 bits per heavy atom. The van der Waals surface area contributed by atoms with Crippen LogP contribution in [-0.2, 0) is 11.2 Å². The number of rotatable bonds is 5. The van der Waals surface area contributed by atoms with Gasteiger partial charge in [-0.15, -0.1) is 0 Å². The van der Waals surface area contributed by atoms with Crippen molar-refractivity contribution in [2.24, 2.45) is 0 Å². The van der Waals surface area contributed by atoms with Crippen molar-refractivity contribution in [3.8, 4) is 0 Å². The molecule has 2 heterocycles. The molecular formula is C11H13N3O2. The van der Waals surface area contributed by atoms with Gasteiger partial charge in [-0.05, 0) is 18.6 Å². The van der Waals surface area contributed by atoms with Crippen LogP contribution in [0.3, 0.4) is 0 Å². The summed E-state index contributed by atoms with van der Waals surface area (Å²) in [6, 6.07) is 3.44. The first-order chi connectivity index (χ1) is 7.83. The van der Waals surface area contributed by atoms with E-state index in [1.807, 2.05) is 0 Å². The van der Waals surface area contributed by atoms with Crippen molar-refractivity contribution in [1.29, 1.82) is 0 Å². The molecule has 0 aliphatic rings. The maximum Gasteiger partial charge on any atom is 0.156 e. The quantitative estimate of drug-likeness (QED) is 0.558. The van der Waals surface area contributed by atoms with Gasteiger partial charge in [0.05, 0.1) is 0 Å². The lowest BCUT2D eigenvalue weighted by molar-refractivity contribution is 0.112. The van der Waals surface area contributed by atoms with Gasteiger partial charge < -0.3 is 4.74 Å². The summed E-state index contributed by atoms with van der Waals surface area (Å²) in [6.45, 7) is 0.704. The van der Waals surface area contributed by atoms with Gasteiger partial charge in [0.2, 0.25) is 0 Å². The third kappa shape index (κ3) is 2.25. The maximum absolute atomic E-state index is 10.6. The highest BCUT2D eigenvalue weighted by molar-refractivity contribution is 5.76. The predicted molar refractivity (Wildman–Crippen MR) is 58.6 cm³/mol. The average Bonchev–Trinajstić information content (AvgIpc) is 2.70. The lowest BCUT2D eigenvalue weighted by Gasteiger charge is -1.93. The molecule has 0 fully saturated rings. The highest BCUT2D eigenvalue weighted by Gasteiger charge is 2.03. The molecule has 0 saturated carbocycles. The number of aryl methyl sites for hydroxylation is 1. The molecule has 0 radical (unpaired) electrons. The predicted octanol–water partition coefficient (Wildman–Crippen LogP) is 1.12. The summed E-state index contributed by atoms with van der Waals surface area (Å²) < 4.78 is 6.64. The molecule has 5 heteroatoms. The van der Waals surface area contributed by atoms with Gasteiger partial charge in [0, 0.05) is 31.9 Å². The van der Waals surface area contributed by atoms with Crippen molar-refractivity contribution in [3.05, 3.63) is 29.7 Å². The molecule has 0 amide bonds. The Hall–Kier alpha value is -1.75. The Morgan fingerprint density at radius 1 is 1.56 bits per heavy atom. The van der Waals surface area contributed by atoms with Crippen LogP contribution in [0.15, 0.2) is 18.3 Å². The fourth-order valence-corrected chi connectivity index (χ4v) is 1.50. The van der Waals surface area contributed by atoms with Crippen LogP contribution < -0.4 is 0 Å². The van der Waals surface area contributed by atoms with Crippen molar-refractivity contribution in [2.45, 2.75) is 12.8 Å². The molecular weight excluding hydrogens is 206 g/mol. The Bertz CT molecular complexity index is 493. The monoisotopic (exact) mass is 219 g/mol. The molecule has 84 valence electrons. The zero-order valence-corrected chi connectivity index (χ0v) is 9.09. The summed E-state index contributed by atoms with van der Waals surface area (Å²) in [4.78, 5) is 14.9. The number of aromatic nitrogens is 3. The molecule has 0 atom stereocenters. The van der Waals surface area contributed by atoms with E-state index in [-0.39, 0.29) is 0 Å². The fraction of sp³-hybridized carbons (Fsp3) is 0.364. The number of hydrogen-bond donors (Lipinski definition) is 0. The molecule has 2 aromatic rings. The van der Waals surface area contributed by atoms with Crippen molar-refractivity contribution < 1.29 is 9.53 Å². The number of hydrogen-bond acceptors (Lipinski definition) is 4. The SMILES string of the molecule is COCCCc1nc2cc(C=O)ccn2n1. The highest BCUT2D eigenvalue weighted by Crippen LogP contribution is 2.05. The van der Waals surface area contributed by atoms with Gasteiger partial charge in [-0.3, -0.25) is 4.79 Å². The van der Waals surface area contributed by atoms with E-state index >= 15 is 0 Å². The average molecular weight is 219 g/mol. The zero-order valence-electron chi connectivity index (χ0n) is 9.09. The second-order valence-electron chi connectivity index (χ2n) is 3.51. The van der Waals surface area contributed by atoms with Crippen molar-refractivity contribution >= 4 is 11.9 Å². The zero-order chi connectivity index (χ0) is 11.4. The summed E-state index contributed by atoms with van der Waals surface area (Å²) in [7, 11) is 1.67. The van der Waals surface area contributed by atoms with Crippen LogP contribution in [0.2, 0.25) is 0 Å². The smallest absolute Gasteiger partial charge is 0.156 e. The van der Waals surface area contributed by atoms with E-state index in [0.29, 0.717) is 17.8 Å². The second-order valence-corrected chi connectivity index (χ2v) is 3.51. The minimum atomic E-state index is 0.614. The highest BCUT2D eigenvalue weighted by atomic mass is 16.5. The summed E-state index contributed by atoms with van der Waals surface area (Å²) in [5, 5.41) is 4.29. The van der Waals surface area contributed by atoms with E-state index < -0.39 is 0 Å². The Morgan fingerprint density at radius 3 is 3.19 bits per heavy atom. The Balaban J connectivity index is 2.19. The molecule has 0 aromatic carbocycles. The Labute approximate surface area is 93.1 Å². The first kappa shape index (κ1) is 10.8. The van der Waals surface area contributed by atoms with Gasteiger partial charge >= 0.3 is 0 Å². The van der Waals surface area contributed by atoms with Gasteiger partial charge in [0.1, 0.15) is 6.29 Å². The third-order valence-corrected chi connectivity index (χ3v) is 2.29. The summed E-state index contributed by atoms with van der Waals surface area (Å²) in [5.41, 5.74) is 1.32. The summed E-state index contributed by atoms with van der Waals surface area (Å²) >= 11 is 0. The van der Waals surface area contributed by atoms with Crippen LogP contribution in [0.25, 0.3) is 5.65 Å². The molecule has 2 aromatic heterocycles. The van der Waals surface area contributed by atoms with E-state index in [4.69, 9.17) is 4.74 Å². The van der Waals surface area contributed by atoms with E-state index in [1.54, 1.807) is 30.0 Å². The number of nitrogens with zero attached hydrogens (tertiary/aromatic N) is 3. The van der Waals surface area contributed by atoms with Gasteiger partial charge in [0.15, 0.2) is 11.5 Å². The number of aldehydes is 1. The van der Waals surface area contributed by atoms with E-state index in [9.17, 15) is 4.79 Å². The normalized spacial score (nSPS) is 10.8.